The summed E-state index contributed by atoms with van der Waals surface area (Å²) in [6, 6.07) is 4.88. The number of rotatable bonds is 8. The zero-order chi connectivity index (χ0) is 14.5. The zero-order valence-corrected chi connectivity index (χ0v) is 12.9. The van der Waals surface area contributed by atoms with Crippen molar-refractivity contribution in [2.75, 3.05) is 13.2 Å². The molecule has 1 aliphatic rings. The van der Waals surface area contributed by atoms with E-state index >= 15 is 0 Å². The van der Waals surface area contributed by atoms with E-state index in [1.165, 1.54) is 18.9 Å². The number of hydrogen-bond donors (Lipinski definition) is 1. The summed E-state index contributed by atoms with van der Waals surface area (Å²) >= 11 is 5.97. The van der Waals surface area contributed by atoms with Crippen molar-refractivity contribution >= 4 is 11.6 Å². The third-order valence-corrected chi connectivity index (χ3v) is 3.99. The quantitative estimate of drug-likeness (QED) is 0.788. The summed E-state index contributed by atoms with van der Waals surface area (Å²) in [4.78, 5) is 0. The molecule has 0 spiro atoms. The number of hydrogen-bond acceptors (Lipinski definition) is 2. The molecule has 2 nitrogen and oxygen atoms in total. The Hall–Kier alpha value is -0.640. The van der Waals surface area contributed by atoms with Gasteiger partial charge in [0.2, 0.25) is 0 Å². The van der Waals surface area contributed by atoms with Gasteiger partial charge in [-0.2, -0.15) is 0 Å². The van der Waals surface area contributed by atoms with Gasteiger partial charge in [-0.1, -0.05) is 18.5 Å². The predicted molar refractivity (Wildman–Crippen MR) is 80.7 cm³/mol. The minimum absolute atomic E-state index is 0.139. The van der Waals surface area contributed by atoms with Crippen molar-refractivity contribution in [3.63, 3.8) is 0 Å². The van der Waals surface area contributed by atoms with Crippen molar-refractivity contribution in [2.24, 2.45) is 5.92 Å². The number of halogens is 2. The second-order valence-corrected chi connectivity index (χ2v) is 5.80. The smallest absolute Gasteiger partial charge is 0.126 e. The van der Waals surface area contributed by atoms with Crippen LogP contribution in [0.4, 0.5) is 4.39 Å². The van der Waals surface area contributed by atoms with E-state index in [4.69, 9.17) is 16.3 Å². The van der Waals surface area contributed by atoms with Gasteiger partial charge in [-0.15, -0.1) is 0 Å². The van der Waals surface area contributed by atoms with Gasteiger partial charge in [-0.25, -0.2) is 4.39 Å². The van der Waals surface area contributed by atoms with Crippen LogP contribution in [0.2, 0.25) is 5.02 Å². The Morgan fingerprint density at radius 3 is 2.75 bits per heavy atom. The molecule has 1 aliphatic carbocycles. The van der Waals surface area contributed by atoms with Crippen LogP contribution in [0.25, 0.3) is 0 Å². The monoisotopic (exact) mass is 299 g/mol. The molecule has 2 unspecified atom stereocenters. The van der Waals surface area contributed by atoms with E-state index in [1.807, 2.05) is 6.92 Å². The Morgan fingerprint density at radius 1 is 1.40 bits per heavy atom. The highest BCUT2D eigenvalue weighted by Crippen LogP contribution is 2.36. The molecule has 1 aromatic carbocycles. The van der Waals surface area contributed by atoms with Gasteiger partial charge in [0.25, 0.3) is 0 Å². The van der Waals surface area contributed by atoms with E-state index in [0.717, 1.165) is 6.54 Å². The first-order chi connectivity index (χ1) is 9.65. The highest BCUT2D eigenvalue weighted by atomic mass is 35.5. The molecule has 0 heterocycles. The highest BCUT2D eigenvalue weighted by molar-refractivity contribution is 6.30. The van der Waals surface area contributed by atoms with Crippen LogP contribution in [0.3, 0.4) is 0 Å². The van der Waals surface area contributed by atoms with E-state index in [9.17, 15) is 4.39 Å². The summed E-state index contributed by atoms with van der Waals surface area (Å²) in [6.45, 7) is 5.62. The average Bonchev–Trinajstić information content (AvgIpc) is 3.24. The van der Waals surface area contributed by atoms with Crippen LogP contribution in [-0.2, 0) is 11.2 Å². The Morgan fingerprint density at radius 2 is 2.15 bits per heavy atom. The number of benzene rings is 1. The summed E-state index contributed by atoms with van der Waals surface area (Å²) < 4.78 is 19.8. The molecule has 2 rings (SSSR count). The molecule has 1 N–H and O–H groups in total. The minimum Gasteiger partial charge on any atom is -0.377 e. The van der Waals surface area contributed by atoms with Crippen molar-refractivity contribution in [1.29, 1.82) is 0 Å². The van der Waals surface area contributed by atoms with Crippen molar-refractivity contribution < 1.29 is 9.13 Å². The van der Waals surface area contributed by atoms with Crippen LogP contribution in [0.15, 0.2) is 18.2 Å². The number of ether oxygens (including phenoxy) is 1. The van der Waals surface area contributed by atoms with Gasteiger partial charge >= 0.3 is 0 Å². The van der Waals surface area contributed by atoms with Crippen molar-refractivity contribution in [1.82, 2.24) is 5.32 Å². The molecule has 0 aliphatic heterocycles. The third kappa shape index (κ3) is 4.18. The summed E-state index contributed by atoms with van der Waals surface area (Å²) in [6.07, 6.45) is 3.20. The lowest BCUT2D eigenvalue weighted by molar-refractivity contribution is 0.0194. The Bertz CT molecular complexity index is 436. The predicted octanol–water partition coefficient (Wildman–Crippen LogP) is 3.81. The fourth-order valence-electron chi connectivity index (χ4n) is 2.70. The molecule has 1 fully saturated rings. The Kier molecular flexibility index (Phi) is 5.82. The Balaban J connectivity index is 2.12. The van der Waals surface area contributed by atoms with E-state index in [1.54, 1.807) is 12.1 Å². The largest absolute Gasteiger partial charge is 0.377 e. The van der Waals surface area contributed by atoms with E-state index in [-0.39, 0.29) is 18.0 Å². The van der Waals surface area contributed by atoms with Crippen molar-refractivity contribution in [3.05, 3.63) is 34.6 Å². The van der Waals surface area contributed by atoms with Crippen LogP contribution >= 0.6 is 11.6 Å². The second-order valence-electron chi connectivity index (χ2n) is 5.36. The van der Waals surface area contributed by atoms with Gasteiger partial charge in [0, 0.05) is 17.7 Å². The lowest BCUT2D eigenvalue weighted by Crippen LogP contribution is -2.44. The molecule has 0 aromatic heterocycles. The molecule has 4 heteroatoms. The van der Waals surface area contributed by atoms with E-state index in [2.05, 4.69) is 12.2 Å². The molecule has 0 saturated heterocycles. The fourth-order valence-corrected chi connectivity index (χ4v) is 2.90. The van der Waals surface area contributed by atoms with Crippen LogP contribution < -0.4 is 5.32 Å². The first-order valence-electron chi connectivity index (χ1n) is 7.44. The van der Waals surface area contributed by atoms with E-state index < -0.39 is 0 Å². The average molecular weight is 300 g/mol. The zero-order valence-electron chi connectivity index (χ0n) is 12.2. The maximum absolute atomic E-state index is 13.9. The van der Waals surface area contributed by atoms with Crippen molar-refractivity contribution in [2.45, 2.75) is 45.3 Å². The molecule has 2 atom stereocenters. The van der Waals surface area contributed by atoms with Crippen LogP contribution in [0.1, 0.15) is 32.3 Å². The van der Waals surface area contributed by atoms with Crippen LogP contribution in [0.5, 0.6) is 0 Å². The van der Waals surface area contributed by atoms with E-state index in [0.29, 0.717) is 29.5 Å². The summed E-state index contributed by atoms with van der Waals surface area (Å²) in [7, 11) is 0. The summed E-state index contributed by atoms with van der Waals surface area (Å²) in [5.41, 5.74) is 0.661. The second kappa shape index (κ2) is 7.39. The van der Waals surface area contributed by atoms with Gasteiger partial charge in [0.1, 0.15) is 5.82 Å². The fraction of sp³-hybridized carbons (Fsp3) is 0.625. The normalized spacial score (nSPS) is 18.0. The molecule has 1 aromatic rings. The summed E-state index contributed by atoms with van der Waals surface area (Å²) in [5, 5.41) is 4.03. The first-order valence-corrected chi connectivity index (χ1v) is 7.82. The lowest BCUT2D eigenvalue weighted by atomic mass is 9.97. The van der Waals surface area contributed by atoms with Gasteiger partial charge in [-0.3, -0.25) is 0 Å². The molecule has 20 heavy (non-hydrogen) atoms. The van der Waals surface area contributed by atoms with Gasteiger partial charge < -0.3 is 10.1 Å². The lowest BCUT2D eigenvalue weighted by Gasteiger charge is -2.28. The van der Waals surface area contributed by atoms with Gasteiger partial charge in [0.15, 0.2) is 0 Å². The number of nitrogens with one attached hydrogen (secondary N) is 1. The topological polar surface area (TPSA) is 21.3 Å². The molecule has 1 saturated carbocycles. The number of likely N-dealkylation sites (N-methyl/N-ethyl adjacent to an activating group) is 1. The molecular weight excluding hydrogens is 277 g/mol. The standard InChI is InChI=1S/C16H23ClFNO/c1-3-19-15(16(20-4-2)11-5-6-11)10-12-9-13(17)7-8-14(12)18/h7-9,11,15-16,19H,3-6,10H2,1-2H3. The van der Waals surface area contributed by atoms with Crippen molar-refractivity contribution in [3.8, 4) is 0 Å². The van der Waals surface area contributed by atoms with Gasteiger partial charge in [0.05, 0.1) is 6.10 Å². The van der Waals surface area contributed by atoms with Crippen LogP contribution in [-0.4, -0.2) is 25.3 Å². The highest BCUT2D eigenvalue weighted by Gasteiger charge is 2.37. The maximum Gasteiger partial charge on any atom is 0.126 e. The molecule has 0 radical (unpaired) electrons. The first kappa shape index (κ1) is 15.7. The summed E-state index contributed by atoms with van der Waals surface area (Å²) in [5.74, 6) is 0.421. The third-order valence-electron chi connectivity index (χ3n) is 3.76. The van der Waals surface area contributed by atoms with Gasteiger partial charge in [-0.05, 0) is 62.4 Å². The molecule has 112 valence electrons. The molecule has 0 bridgehead atoms. The molecular formula is C16H23ClFNO. The van der Waals surface area contributed by atoms with Crippen LogP contribution in [0, 0.1) is 11.7 Å². The molecule has 0 amide bonds. The Labute approximate surface area is 125 Å². The SMILES string of the molecule is CCNC(Cc1cc(Cl)ccc1F)C(OCC)C1CC1. The maximum atomic E-state index is 13.9. The minimum atomic E-state index is -0.191.